The molecule has 1 aromatic carbocycles. The van der Waals surface area contributed by atoms with E-state index in [0.29, 0.717) is 11.3 Å². The smallest absolute Gasteiger partial charge is 0.252 e. The number of carbonyl (C=O) groups is 1. The lowest BCUT2D eigenvalue weighted by atomic mass is 10.2. The zero-order valence-electron chi connectivity index (χ0n) is 10.3. The Morgan fingerprint density at radius 1 is 1.53 bits per heavy atom. The summed E-state index contributed by atoms with van der Waals surface area (Å²) in [6, 6.07) is 8.95. The molecule has 0 spiro atoms. The van der Waals surface area contributed by atoms with Gasteiger partial charge in [-0.25, -0.2) is 0 Å². The molecule has 0 aromatic heterocycles. The van der Waals surface area contributed by atoms with Crippen LogP contribution in [-0.2, 0) is 9.53 Å². The number of anilines is 1. The molecular weight excluding hydrogens is 216 g/mol. The minimum Gasteiger partial charge on any atom is -0.369 e. The zero-order valence-corrected chi connectivity index (χ0v) is 10.3. The van der Waals surface area contributed by atoms with Crippen molar-refractivity contribution in [3.63, 3.8) is 0 Å². The SMILES string of the molecule is CC(C)OCC(=O)N(C)c1cccc(C#N)c1. The Balaban J connectivity index is 2.71. The summed E-state index contributed by atoms with van der Waals surface area (Å²) in [7, 11) is 1.67. The average Bonchev–Trinajstić information content (AvgIpc) is 2.35. The van der Waals surface area contributed by atoms with Crippen molar-refractivity contribution in [2.45, 2.75) is 20.0 Å². The van der Waals surface area contributed by atoms with Gasteiger partial charge in [0, 0.05) is 12.7 Å². The number of ether oxygens (including phenoxy) is 1. The molecule has 0 aliphatic heterocycles. The molecule has 0 fully saturated rings. The molecule has 0 heterocycles. The third kappa shape index (κ3) is 3.89. The van der Waals surface area contributed by atoms with E-state index in [0.717, 1.165) is 0 Å². The number of benzene rings is 1. The predicted octanol–water partition coefficient (Wildman–Crippen LogP) is 1.95. The van der Waals surface area contributed by atoms with Crippen LogP contribution >= 0.6 is 0 Å². The number of carbonyl (C=O) groups excluding carboxylic acids is 1. The first-order chi connectivity index (χ1) is 8.04. The van der Waals surface area contributed by atoms with Crippen LogP contribution in [0.15, 0.2) is 24.3 Å². The first kappa shape index (κ1) is 13.2. The molecule has 4 heteroatoms. The summed E-state index contributed by atoms with van der Waals surface area (Å²) in [6.45, 7) is 3.80. The Kier molecular flexibility index (Phi) is 4.68. The lowest BCUT2D eigenvalue weighted by Crippen LogP contribution is -2.31. The Hall–Kier alpha value is -1.86. The molecule has 0 saturated heterocycles. The topological polar surface area (TPSA) is 53.3 Å². The van der Waals surface area contributed by atoms with Crippen molar-refractivity contribution in [3.8, 4) is 6.07 Å². The minimum atomic E-state index is -0.131. The lowest BCUT2D eigenvalue weighted by Gasteiger charge is -2.18. The van der Waals surface area contributed by atoms with Crippen LogP contribution in [0.5, 0.6) is 0 Å². The number of amides is 1. The molecule has 1 rings (SSSR count). The van der Waals surface area contributed by atoms with E-state index >= 15 is 0 Å². The van der Waals surface area contributed by atoms with Gasteiger partial charge in [0.2, 0.25) is 0 Å². The van der Waals surface area contributed by atoms with Gasteiger partial charge in [0.1, 0.15) is 6.61 Å². The van der Waals surface area contributed by atoms with Gasteiger partial charge in [0.25, 0.3) is 5.91 Å². The average molecular weight is 232 g/mol. The maximum absolute atomic E-state index is 11.8. The van der Waals surface area contributed by atoms with Crippen LogP contribution in [0.3, 0.4) is 0 Å². The summed E-state index contributed by atoms with van der Waals surface area (Å²) >= 11 is 0. The Bertz CT molecular complexity index is 435. The highest BCUT2D eigenvalue weighted by atomic mass is 16.5. The molecule has 0 unspecified atom stereocenters. The predicted molar refractivity (Wildman–Crippen MR) is 65.7 cm³/mol. The molecule has 0 N–H and O–H groups in total. The molecule has 17 heavy (non-hydrogen) atoms. The van der Waals surface area contributed by atoms with Gasteiger partial charge in [-0.2, -0.15) is 5.26 Å². The second-order valence-corrected chi connectivity index (χ2v) is 3.97. The lowest BCUT2D eigenvalue weighted by molar-refractivity contribution is -0.124. The van der Waals surface area contributed by atoms with Gasteiger partial charge in [0.15, 0.2) is 0 Å². The summed E-state index contributed by atoms with van der Waals surface area (Å²) in [4.78, 5) is 13.3. The fourth-order valence-electron chi connectivity index (χ4n) is 1.26. The van der Waals surface area contributed by atoms with Gasteiger partial charge in [0.05, 0.1) is 17.7 Å². The number of hydrogen-bond acceptors (Lipinski definition) is 3. The van der Waals surface area contributed by atoms with Crippen LogP contribution in [0.2, 0.25) is 0 Å². The van der Waals surface area contributed by atoms with Crippen molar-refractivity contribution in [2.24, 2.45) is 0 Å². The van der Waals surface area contributed by atoms with E-state index in [1.165, 1.54) is 4.90 Å². The van der Waals surface area contributed by atoms with Crippen molar-refractivity contribution in [2.75, 3.05) is 18.6 Å². The fraction of sp³-hybridized carbons (Fsp3) is 0.385. The number of likely N-dealkylation sites (N-methyl/N-ethyl adjacent to an activating group) is 1. The standard InChI is InChI=1S/C13H16N2O2/c1-10(2)17-9-13(16)15(3)12-6-4-5-11(7-12)8-14/h4-7,10H,9H2,1-3H3. The van der Waals surface area contributed by atoms with Crippen molar-refractivity contribution in [3.05, 3.63) is 29.8 Å². The van der Waals surface area contributed by atoms with Crippen LogP contribution in [0.4, 0.5) is 5.69 Å². The third-order valence-electron chi connectivity index (χ3n) is 2.28. The second kappa shape index (κ2) is 6.02. The number of hydrogen-bond donors (Lipinski definition) is 0. The maximum Gasteiger partial charge on any atom is 0.252 e. The largest absolute Gasteiger partial charge is 0.369 e. The van der Waals surface area contributed by atoms with Crippen LogP contribution in [0.1, 0.15) is 19.4 Å². The molecule has 0 radical (unpaired) electrons. The number of nitriles is 1. The minimum absolute atomic E-state index is 0.0257. The second-order valence-electron chi connectivity index (χ2n) is 3.97. The third-order valence-corrected chi connectivity index (χ3v) is 2.28. The zero-order chi connectivity index (χ0) is 12.8. The highest BCUT2D eigenvalue weighted by molar-refractivity contribution is 5.93. The molecule has 0 aliphatic rings. The summed E-state index contributed by atoms with van der Waals surface area (Å²) in [5, 5.41) is 8.78. The Morgan fingerprint density at radius 2 is 2.24 bits per heavy atom. The van der Waals surface area contributed by atoms with E-state index in [2.05, 4.69) is 0 Å². The molecular formula is C13H16N2O2. The van der Waals surface area contributed by atoms with Gasteiger partial charge in [-0.15, -0.1) is 0 Å². The van der Waals surface area contributed by atoms with Crippen LogP contribution in [-0.4, -0.2) is 25.7 Å². The summed E-state index contributed by atoms with van der Waals surface area (Å²) in [6.07, 6.45) is 0.0257. The first-order valence-corrected chi connectivity index (χ1v) is 5.43. The molecule has 0 bridgehead atoms. The van der Waals surface area contributed by atoms with Gasteiger partial charge in [-0.3, -0.25) is 4.79 Å². The molecule has 0 atom stereocenters. The van der Waals surface area contributed by atoms with Gasteiger partial charge in [-0.1, -0.05) is 6.07 Å². The van der Waals surface area contributed by atoms with Crippen LogP contribution < -0.4 is 4.90 Å². The van der Waals surface area contributed by atoms with Crippen molar-refractivity contribution in [1.29, 1.82) is 5.26 Å². The molecule has 0 aliphatic carbocycles. The van der Waals surface area contributed by atoms with Crippen molar-refractivity contribution < 1.29 is 9.53 Å². The normalized spacial score (nSPS) is 10.1. The molecule has 90 valence electrons. The first-order valence-electron chi connectivity index (χ1n) is 5.43. The summed E-state index contributed by atoms with van der Waals surface area (Å²) < 4.78 is 5.25. The quantitative estimate of drug-likeness (QED) is 0.797. The number of rotatable bonds is 4. The van der Waals surface area contributed by atoms with E-state index in [-0.39, 0.29) is 18.6 Å². The van der Waals surface area contributed by atoms with E-state index in [4.69, 9.17) is 10.00 Å². The Labute approximate surface area is 101 Å². The van der Waals surface area contributed by atoms with Crippen LogP contribution in [0, 0.1) is 11.3 Å². The summed E-state index contributed by atoms with van der Waals surface area (Å²) in [5.41, 5.74) is 1.23. The number of nitrogens with zero attached hydrogens (tertiary/aromatic N) is 2. The molecule has 0 saturated carbocycles. The van der Waals surface area contributed by atoms with E-state index in [1.807, 2.05) is 19.9 Å². The fourth-order valence-corrected chi connectivity index (χ4v) is 1.26. The van der Waals surface area contributed by atoms with E-state index < -0.39 is 0 Å². The molecule has 1 amide bonds. The van der Waals surface area contributed by atoms with E-state index in [1.54, 1.807) is 31.3 Å². The van der Waals surface area contributed by atoms with Gasteiger partial charge >= 0.3 is 0 Å². The van der Waals surface area contributed by atoms with Gasteiger partial charge in [-0.05, 0) is 32.0 Å². The molecule has 1 aromatic rings. The van der Waals surface area contributed by atoms with E-state index in [9.17, 15) is 4.79 Å². The van der Waals surface area contributed by atoms with Crippen LogP contribution in [0.25, 0.3) is 0 Å². The summed E-state index contributed by atoms with van der Waals surface area (Å²) in [5.74, 6) is -0.131. The Morgan fingerprint density at radius 3 is 2.82 bits per heavy atom. The maximum atomic E-state index is 11.8. The molecule has 4 nitrogen and oxygen atoms in total. The highest BCUT2D eigenvalue weighted by Gasteiger charge is 2.11. The van der Waals surface area contributed by atoms with Crippen molar-refractivity contribution >= 4 is 11.6 Å². The van der Waals surface area contributed by atoms with Crippen molar-refractivity contribution in [1.82, 2.24) is 0 Å². The van der Waals surface area contributed by atoms with Gasteiger partial charge < -0.3 is 9.64 Å². The monoisotopic (exact) mass is 232 g/mol. The highest BCUT2D eigenvalue weighted by Crippen LogP contribution is 2.14.